The van der Waals surface area contributed by atoms with Crippen LogP contribution in [0, 0.1) is 0 Å². The Labute approximate surface area is 201 Å². The van der Waals surface area contributed by atoms with Crippen molar-refractivity contribution in [3.8, 4) is 17.0 Å². The number of hydrogen-bond acceptors (Lipinski definition) is 7. The Morgan fingerprint density at radius 3 is 2.74 bits per heavy atom. The number of fused-ring (bicyclic) bond motifs is 2. The average molecular weight is 499 g/mol. The van der Waals surface area contributed by atoms with Crippen LogP contribution in [-0.4, -0.2) is 45.4 Å². The van der Waals surface area contributed by atoms with Crippen molar-refractivity contribution in [3.63, 3.8) is 0 Å². The molecule has 0 saturated heterocycles. The number of sulfonamides is 1. The van der Waals surface area contributed by atoms with Gasteiger partial charge in [0, 0.05) is 30.2 Å². The second kappa shape index (κ2) is 8.41. The van der Waals surface area contributed by atoms with Crippen LogP contribution in [0.2, 0.25) is 0 Å². The normalized spacial score (nSPS) is 15.2. The molecule has 2 aliphatic heterocycles. The number of benzene rings is 2. The molecule has 9 nitrogen and oxygen atoms in total. The summed E-state index contributed by atoms with van der Waals surface area (Å²) >= 11 is 1.17. The van der Waals surface area contributed by atoms with Gasteiger partial charge in [0.2, 0.25) is 5.91 Å². The summed E-state index contributed by atoms with van der Waals surface area (Å²) in [6.07, 6.45) is 0.987. The molecule has 1 N–H and O–H groups in total. The van der Waals surface area contributed by atoms with Gasteiger partial charge in [-0.25, -0.2) is 13.4 Å². The third kappa shape index (κ3) is 3.90. The number of nitrogens with zero attached hydrogens (tertiary/aromatic N) is 3. The van der Waals surface area contributed by atoms with Gasteiger partial charge in [0.1, 0.15) is 5.75 Å². The highest BCUT2D eigenvalue weighted by Crippen LogP contribution is 2.37. The molecular formula is C23H22N4O5S2. The zero-order valence-electron chi connectivity index (χ0n) is 18.6. The monoisotopic (exact) mass is 498 g/mol. The molecule has 0 spiro atoms. The molecule has 0 fully saturated rings. The number of rotatable bonds is 6. The van der Waals surface area contributed by atoms with Crippen LogP contribution in [0.1, 0.15) is 18.9 Å². The second-order valence-corrected chi connectivity index (χ2v) is 10.6. The van der Waals surface area contributed by atoms with Gasteiger partial charge in [0.15, 0.2) is 11.7 Å². The lowest BCUT2D eigenvalue weighted by Crippen LogP contribution is -2.39. The van der Waals surface area contributed by atoms with Gasteiger partial charge in [0.25, 0.3) is 15.9 Å². The molecule has 0 unspecified atom stereocenters. The van der Waals surface area contributed by atoms with Crippen LogP contribution in [0.25, 0.3) is 11.3 Å². The summed E-state index contributed by atoms with van der Waals surface area (Å²) in [5.74, 6) is 0.464. The molecule has 0 bridgehead atoms. The Balaban J connectivity index is 1.39. The number of anilines is 3. The fourth-order valence-electron chi connectivity index (χ4n) is 4.07. The van der Waals surface area contributed by atoms with Crippen LogP contribution in [0.5, 0.6) is 5.75 Å². The van der Waals surface area contributed by atoms with E-state index in [0.717, 1.165) is 12.0 Å². The van der Waals surface area contributed by atoms with Crippen LogP contribution >= 0.6 is 11.3 Å². The lowest BCUT2D eigenvalue weighted by molar-refractivity contribution is -0.121. The summed E-state index contributed by atoms with van der Waals surface area (Å²) in [6.45, 7) is 2.60. The Bertz CT molecular complexity index is 1420. The van der Waals surface area contributed by atoms with E-state index in [0.29, 0.717) is 34.9 Å². The summed E-state index contributed by atoms with van der Waals surface area (Å²) in [5.41, 5.74) is 3.41. The van der Waals surface area contributed by atoms with Crippen molar-refractivity contribution in [2.24, 2.45) is 0 Å². The van der Waals surface area contributed by atoms with Crippen molar-refractivity contribution < 1.29 is 22.7 Å². The molecular weight excluding hydrogens is 476 g/mol. The lowest BCUT2D eigenvalue weighted by Gasteiger charge is -2.29. The van der Waals surface area contributed by atoms with Crippen molar-refractivity contribution in [3.05, 3.63) is 47.3 Å². The van der Waals surface area contributed by atoms with Crippen LogP contribution in [0.3, 0.4) is 0 Å². The van der Waals surface area contributed by atoms with E-state index in [4.69, 9.17) is 4.74 Å². The first-order valence-electron chi connectivity index (χ1n) is 10.7. The van der Waals surface area contributed by atoms with Gasteiger partial charge in [-0.15, -0.1) is 11.3 Å². The van der Waals surface area contributed by atoms with Gasteiger partial charge in [-0.3, -0.25) is 14.3 Å². The number of aromatic nitrogens is 1. The maximum Gasteiger partial charge on any atom is 0.265 e. The third-order valence-corrected chi connectivity index (χ3v) is 8.03. The molecule has 0 atom stereocenters. The number of ether oxygens (including phenoxy) is 1. The Hall–Kier alpha value is -3.44. The van der Waals surface area contributed by atoms with Gasteiger partial charge >= 0.3 is 0 Å². The first-order valence-corrected chi connectivity index (χ1v) is 13.1. The standard InChI is InChI=1S/C23H22N4O5S2/c1-3-8-27-19-10-14(4-7-20(19)32-12-22(27)29)17-13-33-23(24-17)25-34(30,31)16-5-6-18-15(9-16)11-21(28)26(18)2/h4-7,9-10,13H,3,8,11-12H2,1-2H3,(H,24,25). The third-order valence-electron chi connectivity index (χ3n) is 5.81. The second-order valence-electron chi connectivity index (χ2n) is 8.08. The van der Waals surface area contributed by atoms with Crippen molar-refractivity contribution in [1.82, 2.24) is 4.98 Å². The molecule has 0 radical (unpaired) electrons. The summed E-state index contributed by atoms with van der Waals surface area (Å²) in [5, 5.41) is 1.98. The molecule has 3 heterocycles. The van der Waals surface area contributed by atoms with Gasteiger partial charge in [-0.2, -0.15) is 0 Å². The Morgan fingerprint density at radius 1 is 1.12 bits per heavy atom. The number of nitrogens with one attached hydrogen (secondary N) is 1. The predicted octanol–water partition coefficient (Wildman–Crippen LogP) is 3.27. The number of amides is 2. The van der Waals surface area contributed by atoms with Crippen molar-refractivity contribution in [2.75, 3.05) is 34.7 Å². The maximum absolute atomic E-state index is 12.9. The number of likely N-dealkylation sites (N-methyl/N-ethyl adjacent to an activating group) is 1. The predicted molar refractivity (Wildman–Crippen MR) is 130 cm³/mol. The highest BCUT2D eigenvalue weighted by atomic mass is 32.2. The van der Waals surface area contributed by atoms with E-state index in [9.17, 15) is 18.0 Å². The molecule has 2 aliphatic rings. The highest BCUT2D eigenvalue weighted by molar-refractivity contribution is 7.93. The van der Waals surface area contributed by atoms with Gasteiger partial charge < -0.3 is 14.5 Å². The molecule has 3 aromatic rings. The molecule has 5 rings (SSSR count). The van der Waals surface area contributed by atoms with Gasteiger partial charge in [0.05, 0.1) is 22.7 Å². The van der Waals surface area contributed by atoms with E-state index in [-0.39, 0.29) is 34.9 Å². The van der Waals surface area contributed by atoms with Crippen molar-refractivity contribution >= 4 is 49.7 Å². The number of hydrogen-bond donors (Lipinski definition) is 1. The molecule has 1 aromatic heterocycles. The summed E-state index contributed by atoms with van der Waals surface area (Å²) in [4.78, 5) is 31.9. The van der Waals surface area contributed by atoms with E-state index in [2.05, 4.69) is 9.71 Å². The SMILES string of the molecule is CCCN1C(=O)COc2ccc(-c3csc(NS(=O)(=O)c4ccc5c(c4)CC(=O)N5C)n3)cc21. The largest absolute Gasteiger partial charge is 0.482 e. The average Bonchev–Trinajstić information content (AvgIpc) is 3.39. The first kappa shape index (κ1) is 22.4. The fourth-order valence-corrected chi connectivity index (χ4v) is 6.09. The number of carbonyl (C=O) groups is 2. The van der Waals surface area contributed by atoms with Gasteiger partial charge in [-0.1, -0.05) is 6.92 Å². The smallest absolute Gasteiger partial charge is 0.265 e. The van der Waals surface area contributed by atoms with E-state index >= 15 is 0 Å². The summed E-state index contributed by atoms with van der Waals surface area (Å²) in [7, 11) is -2.21. The zero-order chi connectivity index (χ0) is 24.0. The topological polar surface area (TPSA) is 109 Å². The summed E-state index contributed by atoms with van der Waals surface area (Å²) < 4.78 is 34.0. The first-order chi connectivity index (χ1) is 16.3. The van der Waals surface area contributed by atoms with E-state index in [1.165, 1.54) is 28.4 Å². The highest BCUT2D eigenvalue weighted by Gasteiger charge is 2.27. The molecule has 11 heteroatoms. The Kier molecular flexibility index (Phi) is 5.53. The number of carbonyl (C=O) groups excluding carboxylic acids is 2. The van der Waals surface area contributed by atoms with E-state index < -0.39 is 10.0 Å². The summed E-state index contributed by atoms with van der Waals surface area (Å²) in [6, 6.07) is 10.1. The fraction of sp³-hybridized carbons (Fsp3) is 0.261. The van der Waals surface area contributed by atoms with Gasteiger partial charge in [-0.05, 0) is 48.4 Å². The zero-order valence-corrected chi connectivity index (χ0v) is 20.2. The minimum absolute atomic E-state index is 0.0160. The molecule has 34 heavy (non-hydrogen) atoms. The molecule has 176 valence electrons. The van der Waals surface area contributed by atoms with Crippen LogP contribution in [0.15, 0.2) is 46.7 Å². The number of thiazole rings is 1. The van der Waals surface area contributed by atoms with Crippen LogP contribution in [0.4, 0.5) is 16.5 Å². The Morgan fingerprint density at radius 2 is 1.94 bits per heavy atom. The van der Waals surface area contributed by atoms with E-state index in [1.807, 2.05) is 19.1 Å². The minimum Gasteiger partial charge on any atom is -0.482 e. The molecule has 2 amide bonds. The minimum atomic E-state index is -3.88. The lowest BCUT2D eigenvalue weighted by atomic mass is 10.1. The quantitative estimate of drug-likeness (QED) is 0.559. The van der Waals surface area contributed by atoms with Crippen LogP contribution in [-0.2, 0) is 26.0 Å². The maximum atomic E-state index is 12.9. The van der Waals surface area contributed by atoms with Crippen molar-refractivity contribution in [2.45, 2.75) is 24.7 Å². The molecule has 0 saturated carbocycles. The molecule has 0 aliphatic carbocycles. The van der Waals surface area contributed by atoms with Crippen molar-refractivity contribution in [1.29, 1.82) is 0 Å². The molecule has 2 aromatic carbocycles. The van der Waals surface area contributed by atoms with E-state index in [1.54, 1.807) is 29.5 Å². The van der Waals surface area contributed by atoms with Crippen LogP contribution < -0.4 is 19.3 Å².